The van der Waals surface area contributed by atoms with E-state index in [4.69, 9.17) is 11.6 Å². The number of rotatable bonds is 4. The van der Waals surface area contributed by atoms with E-state index in [-0.39, 0.29) is 11.7 Å². The highest BCUT2D eigenvalue weighted by Crippen LogP contribution is 2.28. The number of nitrogens with one attached hydrogen (secondary N) is 1. The minimum absolute atomic E-state index is 0.233. The van der Waals surface area contributed by atoms with Gasteiger partial charge in [0.2, 0.25) is 0 Å². The molecular weight excluding hydrogens is 391 g/mol. The summed E-state index contributed by atoms with van der Waals surface area (Å²) in [5.41, 5.74) is 5.10. The van der Waals surface area contributed by atoms with Crippen LogP contribution in [0.5, 0.6) is 0 Å². The highest BCUT2D eigenvalue weighted by molar-refractivity contribution is 6.30. The van der Waals surface area contributed by atoms with Crippen LogP contribution in [-0.2, 0) is 6.54 Å². The number of halogens is 2. The van der Waals surface area contributed by atoms with Gasteiger partial charge in [-0.25, -0.2) is 13.9 Å². The average molecular weight is 409 g/mol. The van der Waals surface area contributed by atoms with Gasteiger partial charge in [-0.3, -0.25) is 4.79 Å². The first-order valence-electron chi connectivity index (χ1n) is 9.07. The van der Waals surface area contributed by atoms with E-state index in [1.165, 1.54) is 12.1 Å². The van der Waals surface area contributed by atoms with Crippen molar-refractivity contribution in [3.8, 4) is 11.1 Å². The maximum Gasteiger partial charge on any atom is 0.254 e. The smallest absolute Gasteiger partial charge is 0.254 e. The van der Waals surface area contributed by atoms with E-state index in [1.807, 2.05) is 26.0 Å². The van der Waals surface area contributed by atoms with Crippen LogP contribution in [0.2, 0.25) is 5.02 Å². The van der Waals surface area contributed by atoms with E-state index in [1.54, 1.807) is 35.0 Å². The van der Waals surface area contributed by atoms with Gasteiger partial charge in [-0.05, 0) is 49.2 Å². The predicted octanol–water partition coefficient (Wildman–Crippen LogP) is 4.74. The molecule has 4 aromatic rings. The Hall–Kier alpha value is -3.25. The van der Waals surface area contributed by atoms with E-state index in [9.17, 15) is 9.18 Å². The molecule has 2 aromatic heterocycles. The third-order valence-electron chi connectivity index (χ3n) is 4.80. The van der Waals surface area contributed by atoms with Crippen LogP contribution in [0.25, 0.3) is 16.8 Å². The largest absolute Gasteiger partial charge is 0.348 e. The highest BCUT2D eigenvalue weighted by atomic mass is 35.5. The van der Waals surface area contributed by atoms with Crippen LogP contribution in [0.3, 0.4) is 0 Å². The molecule has 146 valence electrons. The maximum atomic E-state index is 13.3. The molecular formula is C22H18ClFN4O. The summed E-state index contributed by atoms with van der Waals surface area (Å²) >= 11 is 5.89. The van der Waals surface area contributed by atoms with E-state index in [2.05, 4.69) is 15.4 Å². The lowest BCUT2D eigenvalue weighted by Gasteiger charge is -2.09. The predicted molar refractivity (Wildman–Crippen MR) is 110 cm³/mol. The first-order chi connectivity index (χ1) is 13.9. The standard InChI is InChI=1S/C22H18ClFN4O/c1-13-20(16-5-9-18(24)10-6-16)21-25-12-19(14(2)28(21)27-13)22(29)26-11-15-3-7-17(23)8-4-15/h3-10,12H,11H2,1-2H3,(H,26,29). The van der Waals surface area contributed by atoms with E-state index in [0.717, 1.165) is 22.4 Å². The Bertz CT molecular complexity index is 1200. The SMILES string of the molecule is Cc1nn2c(C)c(C(=O)NCc3ccc(Cl)cc3)cnc2c1-c1ccc(F)cc1. The molecule has 29 heavy (non-hydrogen) atoms. The van der Waals surface area contributed by atoms with Gasteiger partial charge in [-0.15, -0.1) is 0 Å². The molecule has 0 bridgehead atoms. The fourth-order valence-corrected chi connectivity index (χ4v) is 3.38. The summed E-state index contributed by atoms with van der Waals surface area (Å²) < 4.78 is 14.9. The summed E-state index contributed by atoms with van der Waals surface area (Å²) in [5.74, 6) is -0.532. The van der Waals surface area contributed by atoms with Crippen LogP contribution in [0.15, 0.2) is 54.7 Å². The Morgan fingerprint density at radius 1 is 1.10 bits per heavy atom. The summed E-state index contributed by atoms with van der Waals surface area (Å²) in [7, 11) is 0. The fourth-order valence-electron chi connectivity index (χ4n) is 3.26. The zero-order valence-electron chi connectivity index (χ0n) is 15.9. The van der Waals surface area contributed by atoms with E-state index >= 15 is 0 Å². The summed E-state index contributed by atoms with van der Waals surface area (Å²) in [4.78, 5) is 17.2. The lowest BCUT2D eigenvalue weighted by molar-refractivity contribution is 0.0949. The van der Waals surface area contributed by atoms with Crippen molar-refractivity contribution in [1.82, 2.24) is 19.9 Å². The summed E-state index contributed by atoms with van der Waals surface area (Å²) in [6.45, 7) is 4.08. The molecule has 0 saturated heterocycles. The number of fused-ring (bicyclic) bond motifs is 1. The molecule has 1 N–H and O–H groups in total. The van der Waals surface area contributed by atoms with Crippen molar-refractivity contribution in [2.24, 2.45) is 0 Å². The van der Waals surface area contributed by atoms with E-state index in [0.29, 0.717) is 28.5 Å². The molecule has 0 atom stereocenters. The van der Waals surface area contributed by atoms with Gasteiger partial charge in [0, 0.05) is 23.3 Å². The molecule has 2 heterocycles. The van der Waals surface area contributed by atoms with Crippen molar-refractivity contribution in [3.63, 3.8) is 0 Å². The van der Waals surface area contributed by atoms with Gasteiger partial charge in [0.15, 0.2) is 5.65 Å². The summed E-state index contributed by atoms with van der Waals surface area (Å²) in [6, 6.07) is 13.5. The zero-order chi connectivity index (χ0) is 20.5. The topological polar surface area (TPSA) is 59.3 Å². The highest BCUT2D eigenvalue weighted by Gasteiger charge is 2.18. The number of aromatic nitrogens is 3. The molecule has 0 fully saturated rings. The normalized spacial score (nSPS) is 11.0. The van der Waals surface area contributed by atoms with Crippen molar-refractivity contribution in [3.05, 3.63) is 88.1 Å². The number of hydrogen-bond donors (Lipinski definition) is 1. The molecule has 0 unspecified atom stereocenters. The van der Waals surface area contributed by atoms with Gasteiger partial charge in [0.1, 0.15) is 5.82 Å². The second-order valence-electron chi connectivity index (χ2n) is 6.77. The Morgan fingerprint density at radius 2 is 1.79 bits per heavy atom. The molecule has 1 amide bonds. The number of nitrogens with zero attached hydrogens (tertiary/aromatic N) is 3. The van der Waals surface area contributed by atoms with Crippen molar-refractivity contribution < 1.29 is 9.18 Å². The van der Waals surface area contributed by atoms with Crippen LogP contribution in [-0.4, -0.2) is 20.5 Å². The maximum absolute atomic E-state index is 13.3. The number of hydrogen-bond acceptors (Lipinski definition) is 3. The lowest BCUT2D eigenvalue weighted by atomic mass is 10.1. The van der Waals surface area contributed by atoms with Gasteiger partial charge < -0.3 is 5.32 Å². The molecule has 0 saturated carbocycles. The monoisotopic (exact) mass is 408 g/mol. The molecule has 0 spiro atoms. The van der Waals surface area contributed by atoms with Crippen LogP contribution >= 0.6 is 11.6 Å². The Balaban J connectivity index is 1.65. The number of aryl methyl sites for hydroxylation is 2. The number of amides is 1. The van der Waals surface area contributed by atoms with Gasteiger partial charge >= 0.3 is 0 Å². The molecule has 7 heteroatoms. The fraction of sp³-hybridized carbons (Fsp3) is 0.136. The van der Waals surface area contributed by atoms with Gasteiger partial charge in [0.05, 0.1) is 17.0 Å². The van der Waals surface area contributed by atoms with Crippen molar-refractivity contribution >= 4 is 23.2 Å². The molecule has 2 aromatic carbocycles. The zero-order valence-corrected chi connectivity index (χ0v) is 16.7. The molecule has 0 radical (unpaired) electrons. The first kappa shape index (κ1) is 19.1. The van der Waals surface area contributed by atoms with E-state index < -0.39 is 0 Å². The van der Waals surface area contributed by atoms with Gasteiger partial charge in [-0.2, -0.15) is 5.10 Å². The van der Waals surface area contributed by atoms with Crippen LogP contribution in [0, 0.1) is 19.7 Å². The molecule has 0 aliphatic carbocycles. The number of carbonyl (C=O) groups is 1. The van der Waals surface area contributed by atoms with Crippen molar-refractivity contribution in [1.29, 1.82) is 0 Å². The quantitative estimate of drug-likeness (QED) is 0.530. The van der Waals surface area contributed by atoms with Crippen LogP contribution in [0.4, 0.5) is 4.39 Å². The Kier molecular flexibility index (Phi) is 5.03. The lowest BCUT2D eigenvalue weighted by Crippen LogP contribution is -2.24. The van der Waals surface area contributed by atoms with Gasteiger partial charge in [-0.1, -0.05) is 35.9 Å². The van der Waals surface area contributed by atoms with Crippen LogP contribution < -0.4 is 5.32 Å². The third kappa shape index (κ3) is 3.71. The molecule has 4 rings (SSSR count). The first-order valence-corrected chi connectivity index (χ1v) is 9.45. The van der Waals surface area contributed by atoms with Crippen molar-refractivity contribution in [2.45, 2.75) is 20.4 Å². The second-order valence-corrected chi connectivity index (χ2v) is 7.21. The van der Waals surface area contributed by atoms with Crippen LogP contribution in [0.1, 0.15) is 27.3 Å². The third-order valence-corrected chi connectivity index (χ3v) is 5.06. The number of benzene rings is 2. The van der Waals surface area contributed by atoms with Gasteiger partial charge in [0.25, 0.3) is 5.91 Å². The summed E-state index contributed by atoms with van der Waals surface area (Å²) in [5, 5.41) is 8.09. The summed E-state index contributed by atoms with van der Waals surface area (Å²) in [6.07, 6.45) is 1.55. The average Bonchev–Trinajstić information content (AvgIpc) is 3.05. The minimum Gasteiger partial charge on any atom is -0.348 e. The molecule has 0 aliphatic rings. The Morgan fingerprint density at radius 3 is 2.48 bits per heavy atom. The molecule has 5 nitrogen and oxygen atoms in total. The second kappa shape index (κ2) is 7.64. The number of carbonyl (C=O) groups excluding carboxylic acids is 1. The molecule has 0 aliphatic heterocycles. The van der Waals surface area contributed by atoms with Crippen molar-refractivity contribution in [2.75, 3.05) is 0 Å². The Labute approximate surface area is 172 Å². The minimum atomic E-state index is -0.299.